The van der Waals surface area contributed by atoms with Gasteiger partial charge in [-0.05, 0) is 33.5 Å². The SMILES string of the molecule is CN(C)CCCNC(=O)N(C)CCCC(=O)O. The summed E-state index contributed by atoms with van der Waals surface area (Å²) in [5.41, 5.74) is 0. The minimum absolute atomic E-state index is 0.0955. The zero-order valence-electron chi connectivity index (χ0n) is 10.9. The summed E-state index contributed by atoms with van der Waals surface area (Å²) in [4.78, 5) is 25.4. The molecule has 17 heavy (non-hydrogen) atoms. The predicted octanol–water partition coefficient (Wildman–Crippen LogP) is 0.444. The van der Waals surface area contributed by atoms with Crippen molar-refractivity contribution in [2.75, 3.05) is 40.8 Å². The van der Waals surface area contributed by atoms with E-state index >= 15 is 0 Å². The number of nitrogens with zero attached hydrogens (tertiary/aromatic N) is 2. The normalized spacial score (nSPS) is 10.4. The van der Waals surface area contributed by atoms with Crippen LogP contribution in [0.5, 0.6) is 0 Å². The molecule has 0 fully saturated rings. The van der Waals surface area contributed by atoms with E-state index in [-0.39, 0.29) is 12.5 Å². The van der Waals surface area contributed by atoms with Crippen LogP contribution in [0.15, 0.2) is 0 Å². The van der Waals surface area contributed by atoms with E-state index in [1.807, 2.05) is 14.1 Å². The fourth-order valence-electron chi connectivity index (χ4n) is 1.29. The lowest BCUT2D eigenvalue weighted by atomic mass is 10.3. The average Bonchev–Trinajstić information content (AvgIpc) is 2.23. The molecule has 0 aromatic carbocycles. The smallest absolute Gasteiger partial charge is 0.317 e. The van der Waals surface area contributed by atoms with E-state index in [4.69, 9.17) is 5.11 Å². The standard InChI is InChI=1S/C11H23N3O3/c1-13(2)8-5-7-12-11(17)14(3)9-4-6-10(15)16/h4-9H2,1-3H3,(H,12,17)(H,15,16). The molecule has 0 aliphatic rings. The van der Waals surface area contributed by atoms with Crippen molar-refractivity contribution >= 4 is 12.0 Å². The van der Waals surface area contributed by atoms with Crippen LogP contribution in [0.1, 0.15) is 19.3 Å². The zero-order valence-corrected chi connectivity index (χ0v) is 10.9. The first-order chi connectivity index (χ1) is 7.93. The molecule has 2 N–H and O–H groups in total. The van der Waals surface area contributed by atoms with Gasteiger partial charge in [0, 0.05) is 26.6 Å². The summed E-state index contributed by atoms with van der Waals surface area (Å²) in [6.45, 7) is 2.04. The highest BCUT2D eigenvalue weighted by molar-refractivity contribution is 5.73. The van der Waals surface area contributed by atoms with Crippen molar-refractivity contribution in [2.24, 2.45) is 0 Å². The Labute approximate surface area is 103 Å². The monoisotopic (exact) mass is 245 g/mol. The van der Waals surface area contributed by atoms with Gasteiger partial charge in [0.25, 0.3) is 0 Å². The van der Waals surface area contributed by atoms with Crippen LogP contribution in [0, 0.1) is 0 Å². The predicted molar refractivity (Wildman–Crippen MR) is 66.1 cm³/mol. The van der Waals surface area contributed by atoms with Crippen molar-refractivity contribution in [2.45, 2.75) is 19.3 Å². The van der Waals surface area contributed by atoms with Gasteiger partial charge in [0.1, 0.15) is 0 Å². The number of aliphatic carboxylic acids is 1. The van der Waals surface area contributed by atoms with Crippen LogP contribution >= 0.6 is 0 Å². The summed E-state index contributed by atoms with van der Waals surface area (Å²) >= 11 is 0. The number of carboxylic acids is 1. The van der Waals surface area contributed by atoms with Crippen LogP contribution in [0.3, 0.4) is 0 Å². The van der Waals surface area contributed by atoms with Crippen LogP contribution in [-0.4, -0.2) is 67.7 Å². The first-order valence-electron chi connectivity index (χ1n) is 5.79. The Hall–Kier alpha value is -1.30. The van der Waals surface area contributed by atoms with E-state index < -0.39 is 5.97 Å². The third-order valence-corrected chi connectivity index (χ3v) is 2.29. The fourth-order valence-corrected chi connectivity index (χ4v) is 1.29. The molecule has 0 aliphatic carbocycles. The first kappa shape index (κ1) is 15.7. The van der Waals surface area contributed by atoms with Crippen molar-refractivity contribution in [1.82, 2.24) is 15.1 Å². The van der Waals surface area contributed by atoms with Crippen LogP contribution in [0.4, 0.5) is 4.79 Å². The van der Waals surface area contributed by atoms with Crippen LogP contribution < -0.4 is 5.32 Å². The Morgan fingerprint density at radius 2 is 1.76 bits per heavy atom. The summed E-state index contributed by atoms with van der Waals surface area (Å²) < 4.78 is 0. The topological polar surface area (TPSA) is 72.9 Å². The lowest BCUT2D eigenvalue weighted by Gasteiger charge is -2.18. The highest BCUT2D eigenvalue weighted by Gasteiger charge is 2.07. The Bertz CT molecular complexity index is 244. The van der Waals surface area contributed by atoms with Crippen molar-refractivity contribution in [1.29, 1.82) is 0 Å². The number of nitrogens with one attached hydrogen (secondary N) is 1. The lowest BCUT2D eigenvalue weighted by molar-refractivity contribution is -0.137. The third kappa shape index (κ3) is 9.62. The molecule has 0 atom stereocenters. The van der Waals surface area contributed by atoms with Crippen molar-refractivity contribution in [3.8, 4) is 0 Å². The molecule has 0 aliphatic heterocycles. The Kier molecular flexibility index (Phi) is 8.13. The van der Waals surface area contributed by atoms with E-state index in [2.05, 4.69) is 10.2 Å². The minimum Gasteiger partial charge on any atom is -0.481 e. The molecule has 0 aromatic heterocycles. The maximum Gasteiger partial charge on any atom is 0.317 e. The highest BCUT2D eigenvalue weighted by Crippen LogP contribution is 1.93. The Balaban J connectivity index is 3.57. The minimum atomic E-state index is -0.829. The quantitative estimate of drug-likeness (QED) is 0.609. The van der Waals surface area contributed by atoms with E-state index in [1.54, 1.807) is 7.05 Å². The average molecular weight is 245 g/mol. The Morgan fingerprint density at radius 1 is 1.12 bits per heavy atom. The van der Waals surface area contributed by atoms with Gasteiger partial charge in [-0.3, -0.25) is 4.79 Å². The molecule has 0 radical (unpaired) electrons. The van der Waals surface area contributed by atoms with Crippen molar-refractivity contribution in [3.05, 3.63) is 0 Å². The molecule has 2 amide bonds. The molecule has 100 valence electrons. The summed E-state index contributed by atoms with van der Waals surface area (Å²) in [5.74, 6) is -0.829. The number of carboxylic acid groups (broad SMARTS) is 1. The second kappa shape index (κ2) is 8.81. The number of hydrogen-bond acceptors (Lipinski definition) is 3. The number of amides is 2. The molecule has 0 saturated heterocycles. The molecule has 0 bridgehead atoms. The molecule has 6 nitrogen and oxygen atoms in total. The number of hydrogen-bond donors (Lipinski definition) is 2. The summed E-state index contributed by atoms with van der Waals surface area (Å²) in [5, 5.41) is 11.3. The second-order valence-corrected chi connectivity index (χ2v) is 4.31. The maximum atomic E-state index is 11.5. The molecule has 0 aromatic rings. The van der Waals surface area contributed by atoms with Crippen LogP contribution in [-0.2, 0) is 4.79 Å². The molecule has 0 unspecified atom stereocenters. The second-order valence-electron chi connectivity index (χ2n) is 4.31. The fraction of sp³-hybridized carbons (Fsp3) is 0.818. The third-order valence-electron chi connectivity index (χ3n) is 2.29. The van der Waals surface area contributed by atoms with Gasteiger partial charge >= 0.3 is 12.0 Å². The summed E-state index contributed by atoms with van der Waals surface area (Å²) in [6, 6.07) is -0.144. The lowest BCUT2D eigenvalue weighted by Crippen LogP contribution is -2.38. The maximum absolute atomic E-state index is 11.5. The van der Waals surface area contributed by atoms with Crippen molar-refractivity contribution in [3.63, 3.8) is 0 Å². The largest absolute Gasteiger partial charge is 0.481 e. The van der Waals surface area contributed by atoms with E-state index in [9.17, 15) is 9.59 Å². The van der Waals surface area contributed by atoms with E-state index in [0.717, 1.165) is 13.0 Å². The van der Waals surface area contributed by atoms with Gasteiger partial charge in [-0.15, -0.1) is 0 Å². The van der Waals surface area contributed by atoms with Crippen molar-refractivity contribution < 1.29 is 14.7 Å². The van der Waals surface area contributed by atoms with Crippen LogP contribution in [0.2, 0.25) is 0 Å². The molecule has 6 heteroatoms. The molecular formula is C11H23N3O3. The van der Waals surface area contributed by atoms with E-state index in [1.165, 1.54) is 4.90 Å². The molecular weight excluding hydrogens is 222 g/mol. The molecule has 0 saturated carbocycles. The summed E-state index contributed by atoms with van der Waals surface area (Å²) in [7, 11) is 5.64. The number of carbonyl (C=O) groups excluding carboxylic acids is 1. The zero-order chi connectivity index (χ0) is 13.3. The molecule has 0 rings (SSSR count). The van der Waals surface area contributed by atoms with Gasteiger partial charge in [0.15, 0.2) is 0 Å². The summed E-state index contributed by atoms with van der Waals surface area (Å²) in [6.07, 6.45) is 1.48. The Morgan fingerprint density at radius 3 is 2.29 bits per heavy atom. The van der Waals surface area contributed by atoms with Gasteiger partial charge in [-0.2, -0.15) is 0 Å². The van der Waals surface area contributed by atoms with Gasteiger partial charge < -0.3 is 20.2 Å². The van der Waals surface area contributed by atoms with E-state index in [0.29, 0.717) is 19.5 Å². The molecule has 0 heterocycles. The molecule has 0 spiro atoms. The van der Waals surface area contributed by atoms with Gasteiger partial charge in [-0.1, -0.05) is 0 Å². The number of carbonyl (C=O) groups is 2. The number of urea groups is 1. The first-order valence-corrected chi connectivity index (χ1v) is 5.79. The van der Waals surface area contributed by atoms with Crippen LogP contribution in [0.25, 0.3) is 0 Å². The van der Waals surface area contributed by atoms with Gasteiger partial charge in [0.2, 0.25) is 0 Å². The highest BCUT2D eigenvalue weighted by atomic mass is 16.4. The van der Waals surface area contributed by atoms with Gasteiger partial charge in [-0.25, -0.2) is 4.79 Å². The van der Waals surface area contributed by atoms with Gasteiger partial charge in [0.05, 0.1) is 0 Å². The number of rotatable bonds is 8.